The molecular weight excluding hydrogens is 264 g/mol. The maximum atomic E-state index is 6.17. The molecule has 2 nitrogen and oxygen atoms in total. The van der Waals surface area contributed by atoms with Crippen molar-refractivity contribution in [2.24, 2.45) is 5.73 Å². The van der Waals surface area contributed by atoms with Crippen LogP contribution in [0.4, 0.5) is 0 Å². The molecule has 1 aromatic carbocycles. The Hall–Kier alpha value is -1.58. The first kappa shape index (κ1) is 13.4. The fraction of sp³-hybridized carbons (Fsp3) is 0.294. The van der Waals surface area contributed by atoms with E-state index in [1.807, 2.05) is 11.3 Å². The summed E-state index contributed by atoms with van der Waals surface area (Å²) in [6.07, 6.45) is 6.50. The van der Waals surface area contributed by atoms with Crippen LogP contribution < -0.4 is 5.73 Å². The zero-order valence-corrected chi connectivity index (χ0v) is 12.6. The maximum absolute atomic E-state index is 6.17. The minimum Gasteiger partial charge on any atom is -0.350 e. The highest BCUT2D eigenvalue weighted by molar-refractivity contribution is 7.17. The van der Waals surface area contributed by atoms with Crippen molar-refractivity contribution in [2.45, 2.75) is 32.4 Å². The summed E-state index contributed by atoms with van der Waals surface area (Å²) in [7, 11) is 0. The predicted molar refractivity (Wildman–Crippen MR) is 87.2 cm³/mol. The van der Waals surface area contributed by atoms with Crippen LogP contribution in [0.3, 0.4) is 0 Å². The summed E-state index contributed by atoms with van der Waals surface area (Å²) < 4.78 is 3.59. The molecule has 0 saturated heterocycles. The Labute approximate surface area is 123 Å². The summed E-state index contributed by atoms with van der Waals surface area (Å²) in [4.78, 5) is 0. The minimum atomic E-state index is 0.167. The van der Waals surface area contributed by atoms with Crippen LogP contribution in [-0.2, 0) is 6.54 Å². The van der Waals surface area contributed by atoms with Crippen molar-refractivity contribution < 1.29 is 0 Å². The van der Waals surface area contributed by atoms with Gasteiger partial charge in [0.25, 0.3) is 0 Å². The Bertz CT molecular complexity index is 696. The van der Waals surface area contributed by atoms with Gasteiger partial charge in [0.1, 0.15) is 0 Å². The quantitative estimate of drug-likeness (QED) is 0.732. The number of hydrogen-bond acceptors (Lipinski definition) is 2. The van der Waals surface area contributed by atoms with Gasteiger partial charge in [-0.25, -0.2) is 0 Å². The minimum absolute atomic E-state index is 0.167. The van der Waals surface area contributed by atoms with E-state index in [1.54, 1.807) is 0 Å². The van der Waals surface area contributed by atoms with Crippen LogP contribution in [0.5, 0.6) is 0 Å². The van der Waals surface area contributed by atoms with Gasteiger partial charge in [0, 0.05) is 29.7 Å². The molecule has 2 aromatic heterocycles. The van der Waals surface area contributed by atoms with Crippen LogP contribution in [0.1, 0.15) is 36.9 Å². The third-order valence-electron chi connectivity index (χ3n) is 3.72. The standard InChI is InChI=1S/C17H20N2S/c1-2-5-16(18)13-8-9-19(10-13)11-14-12-20-17-7-4-3-6-15(14)17/h3-4,6-10,12,16H,2,5,11,18H2,1H3. The number of aromatic nitrogens is 1. The largest absolute Gasteiger partial charge is 0.350 e. The second kappa shape index (κ2) is 5.81. The Kier molecular flexibility index (Phi) is 3.90. The zero-order valence-electron chi connectivity index (χ0n) is 11.8. The molecule has 3 heteroatoms. The number of fused-ring (bicyclic) bond motifs is 1. The SMILES string of the molecule is CCCC(N)c1ccn(Cc2csc3ccccc23)c1. The molecule has 1 unspecified atom stereocenters. The lowest BCUT2D eigenvalue weighted by atomic mass is 10.1. The van der Waals surface area contributed by atoms with Crippen molar-refractivity contribution in [3.05, 3.63) is 59.2 Å². The second-order valence-corrected chi connectivity index (χ2v) is 6.18. The molecule has 3 rings (SSSR count). The smallest absolute Gasteiger partial charge is 0.0484 e. The van der Waals surface area contributed by atoms with E-state index < -0.39 is 0 Å². The predicted octanol–water partition coefficient (Wildman–Crippen LogP) is 4.55. The third kappa shape index (κ3) is 2.65. The monoisotopic (exact) mass is 284 g/mol. The summed E-state index contributed by atoms with van der Waals surface area (Å²) in [6, 6.07) is 10.9. The Balaban J connectivity index is 1.81. The first-order valence-electron chi connectivity index (χ1n) is 7.14. The van der Waals surface area contributed by atoms with Crippen LogP contribution in [0, 0.1) is 0 Å². The molecule has 1 atom stereocenters. The molecule has 0 aliphatic rings. The molecule has 0 aliphatic heterocycles. The third-order valence-corrected chi connectivity index (χ3v) is 4.73. The molecular formula is C17H20N2S. The lowest BCUT2D eigenvalue weighted by Gasteiger charge is -2.07. The van der Waals surface area contributed by atoms with Crippen LogP contribution in [-0.4, -0.2) is 4.57 Å². The molecule has 20 heavy (non-hydrogen) atoms. The Morgan fingerprint density at radius 1 is 1.25 bits per heavy atom. The topological polar surface area (TPSA) is 30.9 Å². The van der Waals surface area contributed by atoms with E-state index in [4.69, 9.17) is 5.73 Å². The van der Waals surface area contributed by atoms with Gasteiger partial charge in [-0.15, -0.1) is 11.3 Å². The van der Waals surface area contributed by atoms with Crippen LogP contribution in [0.15, 0.2) is 48.1 Å². The lowest BCUT2D eigenvalue weighted by molar-refractivity contribution is 0.636. The van der Waals surface area contributed by atoms with Gasteiger partial charge in [0.15, 0.2) is 0 Å². The van der Waals surface area contributed by atoms with Crippen LogP contribution in [0.2, 0.25) is 0 Å². The van der Waals surface area contributed by atoms with Gasteiger partial charge in [-0.1, -0.05) is 31.5 Å². The normalized spacial score (nSPS) is 12.9. The van der Waals surface area contributed by atoms with Crippen LogP contribution >= 0.6 is 11.3 Å². The number of hydrogen-bond donors (Lipinski definition) is 1. The van der Waals surface area contributed by atoms with E-state index in [-0.39, 0.29) is 6.04 Å². The maximum Gasteiger partial charge on any atom is 0.0484 e. The van der Waals surface area contributed by atoms with E-state index in [2.05, 4.69) is 59.6 Å². The van der Waals surface area contributed by atoms with E-state index in [0.29, 0.717) is 0 Å². The average molecular weight is 284 g/mol. The van der Waals surface area contributed by atoms with E-state index >= 15 is 0 Å². The van der Waals surface area contributed by atoms with Crippen molar-refractivity contribution in [3.8, 4) is 0 Å². The number of rotatable bonds is 5. The molecule has 0 aliphatic carbocycles. The van der Waals surface area contributed by atoms with Crippen molar-refractivity contribution >= 4 is 21.4 Å². The molecule has 104 valence electrons. The number of thiophene rings is 1. The molecule has 0 bridgehead atoms. The fourth-order valence-corrected chi connectivity index (χ4v) is 3.56. The molecule has 0 saturated carbocycles. The van der Waals surface area contributed by atoms with E-state index in [0.717, 1.165) is 19.4 Å². The molecule has 0 amide bonds. The van der Waals surface area contributed by atoms with Gasteiger partial charge < -0.3 is 10.3 Å². The molecule has 2 N–H and O–H groups in total. The molecule has 0 spiro atoms. The van der Waals surface area contributed by atoms with Gasteiger partial charge in [-0.3, -0.25) is 0 Å². The van der Waals surface area contributed by atoms with E-state index in [1.165, 1.54) is 21.2 Å². The zero-order chi connectivity index (χ0) is 13.9. The second-order valence-electron chi connectivity index (χ2n) is 5.27. The summed E-state index contributed by atoms with van der Waals surface area (Å²) in [6.45, 7) is 3.09. The lowest BCUT2D eigenvalue weighted by Crippen LogP contribution is -2.08. The summed E-state index contributed by atoms with van der Waals surface area (Å²) in [5, 5.41) is 3.63. The molecule has 0 radical (unpaired) electrons. The van der Waals surface area contributed by atoms with Crippen molar-refractivity contribution in [1.29, 1.82) is 0 Å². The van der Waals surface area contributed by atoms with Gasteiger partial charge in [0.05, 0.1) is 0 Å². The molecule has 3 aromatic rings. The summed E-state index contributed by atoms with van der Waals surface area (Å²) >= 11 is 1.82. The number of benzene rings is 1. The first-order valence-corrected chi connectivity index (χ1v) is 8.02. The molecule has 0 fully saturated rings. The highest BCUT2D eigenvalue weighted by Crippen LogP contribution is 2.26. The molecule has 2 heterocycles. The Morgan fingerprint density at radius 3 is 2.95 bits per heavy atom. The fourth-order valence-electron chi connectivity index (χ4n) is 2.61. The van der Waals surface area contributed by atoms with Gasteiger partial charge in [-0.05, 0) is 40.4 Å². The number of nitrogens with zero attached hydrogens (tertiary/aromatic N) is 1. The van der Waals surface area contributed by atoms with Gasteiger partial charge >= 0.3 is 0 Å². The number of nitrogens with two attached hydrogens (primary N) is 1. The highest BCUT2D eigenvalue weighted by atomic mass is 32.1. The Morgan fingerprint density at radius 2 is 2.10 bits per heavy atom. The average Bonchev–Trinajstić information content (AvgIpc) is 3.08. The first-order chi connectivity index (χ1) is 9.78. The van der Waals surface area contributed by atoms with Crippen molar-refractivity contribution in [3.63, 3.8) is 0 Å². The van der Waals surface area contributed by atoms with Crippen molar-refractivity contribution in [2.75, 3.05) is 0 Å². The van der Waals surface area contributed by atoms with Gasteiger partial charge in [0.2, 0.25) is 0 Å². The summed E-state index contributed by atoms with van der Waals surface area (Å²) in [5.74, 6) is 0. The highest BCUT2D eigenvalue weighted by Gasteiger charge is 2.08. The van der Waals surface area contributed by atoms with Crippen LogP contribution in [0.25, 0.3) is 10.1 Å². The van der Waals surface area contributed by atoms with E-state index in [9.17, 15) is 0 Å². The summed E-state index contributed by atoms with van der Waals surface area (Å²) in [5.41, 5.74) is 8.80. The van der Waals surface area contributed by atoms with Crippen molar-refractivity contribution in [1.82, 2.24) is 4.57 Å². The van der Waals surface area contributed by atoms with Gasteiger partial charge in [-0.2, -0.15) is 0 Å².